The van der Waals surface area contributed by atoms with Crippen molar-refractivity contribution in [3.05, 3.63) is 65.2 Å². The highest BCUT2D eigenvalue weighted by molar-refractivity contribution is 7.92. The number of anilines is 1. The first-order valence-electron chi connectivity index (χ1n) is 12.7. The predicted molar refractivity (Wildman–Crippen MR) is 146 cm³/mol. The highest BCUT2D eigenvalue weighted by Gasteiger charge is 2.29. The van der Waals surface area contributed by atoms with Crippen LogP contribution in [0.1, 0.15) is 63.1 Å². The third kappa shape index (κ3) is 8.36. The maximum atomic E-state index is 13.5. The summed E-state index contributed by atoms with van der Waals surface area (Å²) in [7, 11) is -3.51. The van der Waals surface area contributed by atoms with Gasteiger partial charge in [-0.1, -0.05) is 50.2 Å². The van der Waals surface area contributed by atoms with Gasteiger partial charge in [0.2, 0.25) is 21.8 Å². The molecule has 0 bridgehead atoms. The number of carbonyl (C=O) groups is 2. The number of sulfonamides is 1. The van der Waals surface area contributed by atoms with Crippen LogP contribution in [0.25, 0.3) is 0 Å². The Morgan fingerprint density at radius 3 is 2.28 bits per heavy atom. The van der Waals surface area contributed by atoms with E-state index in [9.17, 15) is 18.0 Å². The van der Waals surface area contributed by atoms with Crippen LogP contribution in [0, 0.1) is 13.8 Å². The Bertz CT molecular complexity index is 1130. The Hall–Kier alpha value is -2.87. The number of benzene rings is 2. The van der Waals surface area contributed by atoms with Gasteiger partial charge in [-0.15, -0.1) is 0 Å². The molecule has 0 saturated carbocycles. The van der Waals surface area contributed by atoms with Gasteiger partial charge in [0.1, 0.15) is 6.04 Å². The first kappa shape index (κ1) is 29.4. The van der Waals surface area contributed by atoms with Crippen LogP contribution in [0.4, 0.5) is 5.69 Å². The van der Waals surface area contributed by atoms with Crippen molar-refractivity contribution in [3.8, 4) is 0 Å². The topological polar surface area (TPSA) is 86.8 Å². The molecule has 2 aromatic rings. The van der Waals surface area contributed by atoms with Crippen LogP contribution < -0.4 is 9.62 Å². The van der Waals surface area contributed by atoms with Crippen molar-refractivity contribution in [1.82, 2.24) is 10.2 Å². The predicted octanol–water partition coefficient (Wildman–Crippen LogP) is 4.57. The Labute approximate surface area is 216 Å². The van der Waals surface area contributed by atoms with Crippen LogP contribution >= 0.6 is 0 Å². The van der Waals surface area contributed by atoms with Gasteiger partial charge in [-0.2, -0.15) is 0 Å². The van der Waals surface area contributed by atoms with Gasteiger partial charge in [0.15, 0.2) is 0 Å². The summed E-state index contributed by atoms with van der Waals surface area (Å²) in [6.07, 6.45) is 2.94. The summed E-state index contributed by atoms with van der Waals surface area (Å²) in [4.78, 5) is 28.3. The van der Waals surface area contributed by atoms with Crippen molar-refractivity contribution in [2.45, 2.75) is 78.9 Å². The molecule has 7 nitrogen and oxygen atoms in total. The van der Waals surface area contributed by atoms with Gasteiger partial charge < -0.3 is 10.2 Å². The third-order valence-electron chi connectivity index (χ3n) is 6.43. The fourth-order valence-corrected chi connectivity index (χ4v) is 5.08. The van der Waals surface area contributed by atoms with Crippen LogP contribution in [0.5, 0.6) is 0 Å². The van der Waals surface area contributed by atoms with E-state index >= 15 is 0 Å². The minimum Gasteiger partial charge on any atom is -0.352 e. The minimum atomic E-state index is -3.51. The lowest BCUT2D eigenvalue weighted by Crippen LogP contribution is -2.50. The van der Waals surface area contributed by atoms with Gasteiger partial charge in [0, 0.05) is 25.6 Å². The smallest absolute Gasteiger partial charge is 0.243 e. The Morgan fingerprint density at radius 2 is 1.69 bits per heavy atom. The highest BCUT2D eigenvalue weighted by Crippen LogP contribution is 2.21. The molecule has 0 radical (unpaired) electrons. The molecule has 8 heteroatoms. The van der Waals surface area contributed by atoms with E-state index in [0.29, 0.717) is 25.1 Å². The van der Waals surface area contributed by atoms with Crippen molar-refractivity contribution in [1.29, 1.82) is 0 Å². The van der Waals surface area contributed by atoms with Crippen molar-refractivity contribution >= 4 is 27.5 Å². The lowest BCUT2D eigenvalue weighted by Gasteiger charge is -2.32. The third-order valence-corrected chi connectivity index (χ3v) is 7.62. The van der Waals surface area contributed by atoms with E-state index in [2.05, 4.69) is 5.32 Å². The number of nitrogens with zero attached hydrogens (tertiary/aromatic N) is 2. The lowest BCUT2D eigenvalue weighted by atomic mass is 10.0. The van der Waals surface area contributed by atoms with Gasteiger partial charge in [-0.25, -0.2) is 8.42 Å². The second-order valence-corrected chi connectivity index (χ2v) is 11.4. The molecule has 198 valence electrons. The first-order valence-corrected chi connectivity index (χ1v) is 14.5. The second kappa shape index (κ2) is 13.4. The summed E-state index contributed by atoms with van der Waals surface area (Å²) >= 11 is 0. The zero-order chi connectivity index (χ0) is 26.9. The van der Waals surface area contributed by atoms with Crippen LogP contribution in [-0.2, 0) is 26.2 Å². The lowest BCUT2D eigenvalue weighted by molar-refractivity contribution is -0.141. The van der Waals surface area contributed by atoms with Crippen LogP contribution in [0.15, 0.2) is 48.5 Å². The summed E-state index contributed by atoms with van der Waals surface area (Å²) in [5, 5.41) is 3.02. The molecule has 0 aromatic heterocycles. The zero-order valence-electron chi connectivity index (χ0n) is 22.5. The summed E-state index contributed by atoms with van der Waals surface area (Å²) in [5.41, 5.74) is 3.58. The summed E-state index contributed by atoms with van der Waals surface area (Å²) < 4.78 is 26.3. The summed E-state index contributed by atoms with van der Waals surface area (Å²) in [5.74, 6) is -0.326. The molecule has 36 heavy (non-hydrogen) atoms. The standard InChI is InChI=1S/C28H41N3O4S/c1-7-23(5)29-28(33)26(8-2)30(20-24-15-10-9-14-22(24)4)27(32)17-12-18-31(36(6,34)35)25-16-11-13-21(3)19-25/h9-11,13-16,19,23,26H,7-8,12,17-18,20H2,1-6H3,(H,29,33)/t23-,26-/m1/s1. The molecule has 0 spiro atoms. The van der Waals surface area contributed by atoms with Crippen molar-refractivity contribution < 1.29 is 18.0 Å². The minimum absolute atomic E-state index is 0.0135. The largest absolute Gasteiger partial charge is 0.352 e. The average Bonchev–Trinajstić information content (AvgIpc) is 2.81. The molecule has 0 heterocycles. The van der Waals surface area contributed by atoms with Crippen LogP contribution in [-0.4, -0.2) is 50.0 Å². The molecule has 0 aliphatic heterocycles. The van der Waals surface area contributed by atoms with E-state index in [1.165, 1.54) is 10.6 Å². The van der Waals surface area contributed by atoms with Crippen molar-refractivity contribution in [3.63, 3.8) is 0 Å². The number of carbonyl (C=O) groups excluding carboxylic acids is 2. The molecule has 0 unspecified atom stereocenters. The number of amides is 2. The van der Waals surface area contributed by atoms with E-state index in [1.807, 2.05) is 77.1 Å². The number of aryl methyl sites for hydroxylation is 2. The normalized spacial score (nSPS) is 13.1. The second-order valence-electron chi connectivity index (χ2n) is 9.47. The van der Waals surface area contributed by atoms with E-state index in [-0.39, 0.29) is 30.8 Å². The summed E-state index contributed by atoms with van der Waals surface area (Å²) in [6, 6.07) is 14.5. The number of hydrogen-bond donors (Lipinski definition) is 1. The van der Waals surface area contributed by atoms with E-state index in [0.717, 1.165) is 23.1 Å². The monoisotopic (exact) mass is 515 g/mol. The highest BCUT2D eigenvalue weighted by atomic mass is 32.2. The van der Waals surface area contributed by atoms with Crippen molar-refractivity contribution in [2.24, 2.45) is 0 Å². The number of rotatable bonds is 13. The molecule has 1 N–H and O–H groups in total. The maximum absolute atomic E-state index is 13.5. The molecule has 2 rings (SSSR count). The van der Waals surface area contributed by atoms with E-state index in [1.54, 1.807) is 11.0 Å². The van der Waals surface area contributed by atoms with Gasteiger partial charge in [-0.05, 0) is 68.9 Å². The summed E-state index contributed by atoms with van der Waals surface area (Å²) in [6.45, 7) is 10.3. The Morgan fingerprint density at radius 1 is 1.00 bits per heavy atom. The first-order chi connectivity index (χ1) is 17.0. The van der Waals surface area contributed by atoms with E-state index < -0.39 is 16.1 Å². The zero-order valence-corrected chi connectivity index (χ0v) is 23.3. The molecular formula is C28H41N3O4S. The number of hydrogen-bond acceptors (Lipinski definition) is 4. The molecule has 2 amide bonds. The molecule has 2 atom stereocenters. The van der Waals surface area contributed by atoms with Gasteiger partial charge in [-0.3, -0.25) is 13.9 Å². The Balaban J connectivity index is 2.24. The maximum Gasteiger partial charge on any atom is 0.243 e. The fourth-order valence-electron chi connectivity index (χ4n) is 4.12. The van der Waals surface area contributed by atoms with Gasteiger partial charge >= 0.3 is 0 Å². The number of nitrogens with one attached hydrogen (secondary N) is 1. The van der Waals surface area contributed by atoms with Gasteiger partial charge in [0.05, 0.1) is 11.9 Å². The van der Waals surface area contributed by atoms with Gasteiger partial charge in [0.25, 0.3) is 0 Å². The SMILES string of the molecule is CC[C@@H](C)NC(=O)[C@@H](CC)N(Cc1ccccc1C)C(=O)CCCN(c1cccc(C)c1)S(C)(=O)=O. The average molecular weight is 516 g/mol. The quantitative estimate of drug-likeness (QED) is 0.423. The molecular weight excluding hydrogens is 474 g/mol. The molecule has 2 aromatic carbocycles. The molecule has 0 fully saturated rings. The molecule has 0 aliphatic rings. The Kier molecular flexibility index (Phi) is 11.0. The van der Waals surface area contributed by atoms with Crippen molar-refractivity contribution in [2.75, 3.05) is 17.1 Å². The fraction of sp³-hybridized carbons (Fsp3) is 0.500. The van der Waals surface area contributed by atoms with Crippen LogP contribution in [0.2, 0.25) is 0 Å². The van der Waals surface area contributed by atoms with E-state index in [4.69, 9.17) is 0 Å². The molecule has 0 saturated heterocycles. The van der Waals surface area contributed by atoms with Crippen LogP contribution in [0.3, 0.4) is 0 Å². The molecule has 0 aliphatic carbocycles.